The largest absolute Gasteiger partial charge is 0.456 e. The minimum absolute atomic E-state index is 0.213. The Morgan fingerprint density at radius 3 is 2.50 bits per heavy atom. The van der Waals surface area contributed by atoms with Crippen molar-refractivity contribution in [2.75, 3.05) is 0 Å². The van der Waals surface area contributed by atoms with Gasteiger partial charge in [0.05, 0.1) is 11.6 Å². The molecular formula is C33H32FN3O5. The van der Waals surface area contributed by atoms with Crippen molar-refractivity contribution in [2.45, 2.75) is 59.0 Å². The molecule has 0 radical (unpaired) electrons. The van der Waals surface area contributed by atoms with Crippen LogP contribution in [-0.4, -0.2) is 20.5 Å². The lowest BCUT2D eigenvalue weighted by atomic mass is 9.93. The maximum absolute atomic E-state index is 14.1. The standard InChI is InChI=1S/C33H32FN3O5/c1-17-11-22(34)12-18(2)29(17)40-27-10-9-21(33(4,5)42-19(3)38)13-23(27)25-16-37(6)32(39)24-14-28(41-30(24)25)26-15-35-31(36-26)20-7-8-20/h9-16,20H,7-8H2,1-6H3,(H,35,36). The molecule has 1 aliphatic rings. The lowest BCUT2D eigenvalue weighted by Gasteiger charge is -2.26. The van der Waals surface area contributed by atoms with Crippen molar-refractivity contribution in [2.24, 2.45) is 7.05 Å². The number of benzene rings is 2. The first-order chi connectivity index (χ1) is 19.9. The first kappa shape index (κ1) is 27.5. The van der Waals surface area contributed by atoms with Crippen molar-refractivity contribution < 1.29 is 23.1 Å². The number of ether oxygens (including phenoxy) is 2. The van der Waals surface area contributed by atoms with Crippen LogP contribution in [0.5, 0.6) is 11.5 Å². The first-order valence-corrected chi connectivity index (χ1v) is 13.9. The molecule has 0 aliphatic heterocycles. The van der Waals surface area contributed by atoms with Gasteiger partial charge in [-0.1, -0.05) is 6.07 Å². The van der Waals surface area contributed by atoms with Crippen molar-refractivity contribution in [1.29, 1.82) is 0 Å². The van der Waals surface area contributed by atoms with Crippen LogP contribution in [0.3, 0.4) is 0 Å². The van der Waals surface area contributed by atoms with Gasteiger partial charge in [-0.2, -0.15) is 0 Å². The van der Waals surface area contributed by atoms with E-state index in [9.17, 15) is 14.0 Å². The summed E-state index contributed by atoms with van der Waals surface area (Å²) in [7, 11) is 1.68. The number of fused-ring (bicyclic) bond motifs is 1. The fourth-order valence-corrected chi connectivity index (χ4v) is 5.39. The molecule has 0 amide bonds. The molecule has 6 rings (SSSR count). The number of carbonyl (C=O) groups excluding carboxylic acids is 1. The smallest absolute Gasteiger partial charge is 0.303 e. The van der Waals surface area contributed by atoms with Gasteiger partial charge in [-0.25, -0.2) is 9.37 Å². The zero-order valence-electron chi connectivity index (χ0n) is 24.4. The summed E-state index contributed by atoms with van der Waals surface area (Å²) in [5, 5.41) is 0.400. The number of hydrogen-bond acceptors (Lipinski definition) is 6. The average molecular weight is 570 g/mol. The maximum atomic E-state index is 14.1. The summed E-state index contributed by atoms with van der Waals surface area (Å²) in [4.78, 5) is 33.0. The highest BCUT2D eigenvalue weighted by Gasteiger charge is 2.29. The van der Waals surface area contributed by atoms with E-state index in [4.69, 9.17) is 13.9 Å². The van der Waals surface area contributed by atoms with Gasteiger partial charge in [0, 0.05) is 37.2 Å². The van der Waals surface area contributed by atoms with E-state index >= 15 is 0 Å². The molecule has 5 aromatic rings. The van der Waals surface area contributed by atoms with Gasteiger partial charge in [0.25, 0.3) is 5.56 Å². The third-order valence-electron chi connectivity index (χ3n) is 7.68. The molecule has 1 fully saturated rings. The van der Waals surface area contributed by atoms with Crippen LogP contribution in [0.2, 0.25) is 0 Å². The number of furan rings is 1. The molecule has 216 valence electrons. The molecule has 0 unspecified atom stereocenters. The van der Waals surface area contributed by atoms with Crippen molar-refractivity contribution in [3.8, 4) is 34.1 Å². The number of pyridine rings is 1. The minimum Gasteiger partial charge on any atom is -0.456 e. The molecule has 1 saturated carbocycles. The van der Waals surface area contributed by atoms with Crippen LogP contribution in [0.1, 0.15) is 62.0 Å². The molecule has 2 aromatic carbocycles. The highest BCUT2D eigenvalue weighted by atomic mass is 19.1. The lowest BCUT2D eigenvalue weighted by Crippen LogP contribution is -2.24. The Bertz CT molecular complexity index is 1900. The molecule has 0 bridgehead atoms. The van der Waals surface area contributed by atoms with Gasteiger partial charge >= 0.3 is 5.97 Å². The molecule has 9 heteroatoms. The topological polar surface area (TPSA) is 99.4 Å². The zero-order chi connectivity index (χ0) is 29.9. The molecule has 0 atom stereocenters. The summed E-state index contributed by atoms with van der Waals surface area (Å²) in [6.07, 6.45) is 5.64. The van der Waals surface area contributed by atoms with Crippen molar-refractivity contribution in [1.82, 2.24) is 14.5 Å². The van der Waals surface area contributed by atoms with Gasteiger partial charge in [-0.05, 0) is 87.6 Å². The Hall–Kier alpha value is -4.66. The molecule has 8 nitrogen and oxygen atoms in total. The summed E-state index contributed by atoms with van der Waals surface area (Å²) >= 11 is 0. The fraction of sp³-hybridized carbons (Fsp3) is 0.303. The Morgan fingerprint density at radius 2 is 1.83 bits per heavy atom. The summed E-state index contributed by atoms with van der Waals surface area (Å²) in [5.41, 5.74) is 3.12. The second kappa shape index (κ2) is 10.0. The quantitative estimate of drug-likeness (QED) is 0.205. The summed E-state index contributed by atoms with van der Waals surface area (Å²) < 4.78 is 34.0. The second-order valence-corrected chi connectivity index (χ2v) is 11.6. The molecule has 3 heterocycles. The number of nitrogens with one attached hydrogen (secondary N) is 1. The van der Waals surface area contributed by atoms with E-state index in [1.165, 1.54) is 23.6 Å². The fourth-order valence-electron chi connectivity index (χ4n) is 5.39. The number of aromatic nitrogens is 3. The van der Waals surface area contributed by atoms with E-state index < -0.39 is 11.6 Å². The van der Waals surface area contributed by atoms with E-state index in [-0.39, 0.29) is 11.4 Å². The third-order valence-corrected chi connectivity index (χ3v) is 7.68. The molecular weight excluding hydrogens is 537 g/mol. The van der Waals surface area contributed by atoms with E-state index in [1.807, 2.05) is 12.1 Å². The molecule has 1 N–H and O–H groups in total. The van der Waals surface area contributed by atoms with E-state index in [1.54, 1.807) is 59.3 Å². The summed E-state index contributed by atoms with van der Waals surface area (Å²) in [5.74, 6) is 2.08. The maximum Gasteiger partial charge on any atom is 0.303 e. The van der Waals surface area contributed by atoms with Crippen LogP contribution < -0.4 is 10.3 Å². The normalized spacial score (nSPS) is 13.5. The van der Waals surface area contributed by atoms with Crippen LogP contribution in [0, 0.1) is 19.7 Å². The number of esters is 1. The van der Waals surface area contributed by atoms with E-state index in [0.29, 0.717) is 67.7 Å². The number of H-pyrrole nitrogens is 1. The van der Waals surface area contributed by atoms with E-state index in [0.717, 1.165) is 18.7 Å². The lowest BCUT2D eigenvalue weighted by molar-refractivity contribution is -0.154. The van der Waals surface area contributed by atoms with Gasteiger partial charge in [-0.15, -0.1) is 0 Å². The van der Waals surface area contributed by atoms with Crippen molar-refractivity contribution in [3.63, 3.8) is 0 Å². The Balaban J connectivity index is 1.56. The van der Waals surface area contributed by atoms with Crippen LogP contribution in [0.25, 0.3) is 33.6 Å². The number of halogens is 1. The summed E-state index contributed by atoms with van der Waals surface area (Å²) in [6, 6.07) is 10.1. The number of rotatable bonds is 7. The number of aromatic amines is 1. The van der Waals surface area contributed by atoms with Gasteiger partial charge in [-0.3, -0.25) is 9.59 Å². The SMILES string of the molecule is CC(=O)OC(C)(C)c1ccc(Oc2c(C)cc(F)cc2C)c(-c2cn(C)c(=O)c3cc(-c4cnc(C5CC5)[nH]4)oc23)c1. The number of carbonyl (C=O) groups is 1. The van der Waals surface area contributed by atoms with Gasteiger partial charge < -0.3 is 23.4 Å². The monoisotopic (exact) mass is 569 g/mol. The Kier molecular flexibility index (Phi) is 6.55. The average Bonchev–Trinajstić information content (AvgIpc) is 3.46. The number of imidazole rings is 1. The minimum atomic E-state index is -0.954. The van der Waals surface area contributed by atoms with Crippen LogP contribution in [-0.2, 0) is 22.2 Å². The van der Waals surface area contributed by atoms with Crippen LogP contribution in [0.15, 0.2) is 58.0 Å². The van der Waals surface area contributed by atoms with Gasteiger partial charge in [0.1, 0.15) is 40.0 Å². The predicted octanol–water partition coefficient (Wildman–Crippen LogP) is 7.41. The zero-order valence-corrected chi connectivity index (χ0v) is 24.4. The number of hydrogen-bond donors (Lipinski definition) is 1. The molecule has 0 spiro atoms. The third kappa shape index (κ3) is 5.00. The highest BCUT2D eigenvalue weighted by Crippen LogP contribution is 2.43. The van der Waals surface area contributed by atoms with Crippen LogP contribution in [0.4, 0.5) is 4.39 Å². The summed E-state index contributed by atoms with van der Waals surface area (Å²) in [6.45, 7) is 8.55. The van der Waals surface area contributed by atoms with Gasteiger partial charge in [0.15, 0.2) is 5.76 Å². The van der Waals surface area contributed by atoms with E-state index in [2.05, 4.69) is 9.97 Å². The Labute approximate surface area is 242 Å². The first-order valence-electron chi connectivity index (χ1n) is 13.9. The number of nitrogens with zero attached hydrogens (tertiary/aromatic N) is 2. The second-order valence-electron chi connectivity index (χ2n) is 11.6. The molecule has 42 heavy (non-hydrogen) atoms. The highest BCUT2D eigenvalue weighted by molar-refractivity contribution is 5.95. The van der Waals surface area contributed by atoms with Crippen molar-refractivity contribution >= 4 is 16.9 Å². The molecule has 0 saturated heterocycles. The molecule has 3 aromatic heterocycles. The number of aryl methyl sites for hydroxylation is 3. The van der Waals surface area contributed by atoms with Gasteiger partial charge in [0.2, 0.25) is 0 Å². The van der Waals surface area contributed by atoms with Crippen molar-refractivity contribution in [3.05, 3.63) is 87.5 Å². The predicted molar refractivity (Wildman–Crippen MR) is 157 cm³/mol. The molecule has 1 aliphatic carbocycles. The Morgan fingerprint density at radius 1 is 1.12 bits per heavy atom. The van der Waals surface area contributed by atoms with Crippen LogP contribution >= 0.6 is 0 Å².